The topological polar surface area (TPSA) is 59.8 Å². The van der Waals surface area contributed by atoms with Crippen LogP contribution >= 0.6 is 23.4 Å². The monoisotopic (exact) mass is 386 g/mol. The predicted molar refractivity (Wildman–Crippen MR) is 106 cm³/mol. The molecule has 0 aliphatic carbocycles. The van der Waals surface area contributed by atoms with E-state index in [4.69, 9.17) is 11.6 Å². The highest BCUT2D eigenvalue weighted by Crippen LogP contribution is 2.22. The molecule has 2 aromatic carbocycles. The van der Waals surface area contributed by atoms with Gasteiger partial charge in [-0.05, 0) is 36.8 Å². The predicted octanol–water partition coefficient (Wildman–Crippen LogP) is 4.25. The number of aryl methyl sites for hydroxylation is 1. The number of hydrogen-bond donors (Lipinski definition) is 1. The van der Waals surface area contributed by atoms with Crippen molar-refractivity contribution in [2.24, 2.45) is 7.05 Å². The van der Waals surface area contributed by atoms with Gasteiger partial charge in [0.1, 0.15) is 5.82 Å². The lowest BCUT2D eigenvalue weighted by molar-refractivity contribution is -0.115. The molecule has 0 saturated carbocycles. The summed E-state index contributed by atoms with van der Waals surface area (Å²) in [6.07, 6.45) is 0.179. The Balaban J connectivity index is 1.58. The summed E-state index contributed by atoms with van der Waals surface area (Å²) in [7, 11) is 1.87. The van der Waals surface area contributed by atoms with Gasteiger partial charge in [-0.1, -0.05) is 53.2 Å². The summed E-state index contributed by atoms with van der Waals surface area (Å²) < 4.78 is 1.86. The van der Waals surface area contributed by atoms with E-state index in [0.717, 1.165) is 32.7 Å². The number of anilines is 1. The van der Waals surface area contributed by atoms with Crippen LogP contribution in [0.4, 0.5) is 5.69 Å². The van der Waals surface area contributed by atoms with E-state index in [0.29, 0.717) is 5.82 Å². The zero-order chi connectivity index (χ0) is 18.5. The summed E-state index contributed by atoms with van der Waals surface area (Å²) >= 11 is 7.47. The molecule has 1 amide bonds. The van der Waals surface area contributed by atoms with Crippen molar-refractivity contribution in [2.45, 2.75) is 24.3 Å². The fourth-order valence-electron chi connectivity index (χ4n) is 2.34. The molecule has 26 heavy (non-hydrogen) atoms. The fourth-order valence-corrected chi connectivity index (χ4v) is 3.35. The highest BCUT2D eigenvalue weighted by molar-refractivity contribution is 7.98. The van der Waals surface area contributed by atoms with E-state index >= 15 is 0 Å². The molecule has 1 N–H and O–H groups in total. The molecule has 0 saturated heterocycles. The first-order valence-corrected chi connectivity index (χ1v) is 9.49. The standard InChI is InChI=1S/C19H19ClN4OS/c1-13-3-9-16(10-4-13)21-18(25)11-17-22-23-19(24(17)2)26-12-14-5-7-15(20)8-6-14/h3-10H,11-12H2,1-2H3,(H,21,25). The lowest BCUT2D eigenvalue weighted by Crippen LogP contribution is -2.17. The molecule has 0 aliphatic heterocycles. The Hall–Kier alpha value is -2.31. The van der Waals surface area contributed by atoms with Crippen LogP contribution < -0.4 is 5.32 Å². The number of amides is 1. The van der Waals surface area contributed by atoms with Crippen LogP contribution in [0.1, 0.15) is 17.0 Å². The van der Waals surface area contributed by atoms with Crippen molar-refractivity contribution in [1.82, 2.24) is 14.8 Å². The van der Waals surface area contributed by atoms with Crippen molar-refractivity contribution in [3.8, 4) is 0 Å². The first kappa shape index (κ1) is 18.5. The van der Waals surface area contributed by atoms with Crippen molar-refractivity contribution in [3.63, 3.8) is 0 Å². The van der Waals surface area contributed by atoms with Crippen LogP contribution in [0.25, 0.3) is 0 Å². The molecule has 3 rings (SSSR count). The molecule has 0 bridgehead atoms. The normalized spacial score (nSPS) is 10.7. The summed E-state index contributed by atoms with van der Waals surface area (Å²) in [6, 6.07) is 15.4. The molecule has 3 aromatic rings. The van der Waals surface area contributed by atoms with Crippen LogP contribution in [0, 0.1) is 6.92 Å². The largest absolute Gasteiger partial charge is 0.326 e. The van der Waals surface area contributed by atoms with Crippen molar-refractivity contribution >= 4 is 35.0 Å². The van der Waals surface area contributed by atoms with Gasteiger partial charge in [0, 0.05) is 23.5 Å². The van der Waals surface area contributed by atoms with Crippen LogP contribution in [0.3, 0.4) is 0 Å². The van der Waals surface area contributed by atoms with E-state index in [9.17, 15) is 4.79 Å². The molecule has 7 heteroatoms. The Kier molecular flexibility index (Phi) is 5.96. The minimum absolute atomic E-state index is 0.112. The molecule has 0 aliphatic rings. The average Bonchev–Trinajstić information content (AvgIpc) is 2.96. The van der Waals surface area contributed by atoms with Crippen LogP contribution in [0.15, 0.2) is 53.7 Å². The third-order valence-electron chi connectivity index (χ3n) is 3.86. The summed E-state index contributed by atoms with van der Waals surface area (Å²) in [5.74, 6) is 1.28. The minimum atomic E-state index is -0.112. The number of hydrogen-bond acceptors (Lipinski definition) is 4. The Morgan fingerprint density at radius 3 is 2.50 bits per heavy atom. The van der Waals surface area contributed by atoms with Gasteiger partial charge >= 0.3 is 0 Å². The molecule has 0 radical (unpaired) electrons. The zero-order valence-electron chi connectivity index (χ0n) is 14.6. The molecular weight excluding hydrogens is 368 g/mol. The first-order valence-electron chi connectivity index (χ1n) is 8.13. The van der Waals surface area contributed by atoms with Gasteiger partial charge in [0.2, 0.25) is 5.91 Å². The third-order valence-corrected chi connectivity index (χ3v) is 5.20. The molecule has 0 atom stereocenters. The second kappa shape index (κ2) is 8.38. The highest BCUT2D eigenvalue weighted by Gasteiger charge is 2.13. The van der Waals surface area contributed by atoms with Crippen molar-refractivity contribution in [1.29, 1.82) is 0 Å². The molecular formula is C19H19ClN4OS. The SMILES string of the molecule is Cc1ccc(NC(=O)Cc2nnc(SCc3ccc(Cl)cc3)n2C)cc1. The van der Waals surface area contributed by atoms with Gasteiger partial charge in [-0.25, -0.2) is 0 Å². The minimum Gasteiger partial charge on any atom is -0.326 e. The lowest BCUT2D eigenvalue weighted by atomic mass is 10.2. The van der Waals surface area contributed by atoms with E-state index in [1.807, 2.05) is 67.1 Å². The van der Waals surface area contributed by atoms with Gasteiger partial charge < -0.3 is 9.88 Å². The van der Waals surface area contributed by atoms with Gasteiger partial charge in [0.05, 0.1) is 6.42 Å². The van der Waals surface area contributed by atoms with Crippen molar-refractivity contribution in [2.75, 3.05) is 5.32 Å². The summed E-state index contributed by atoms with van der Waals surface area (Å²) in [5.41, 5.74) is 3.08. The van der Waals surface area contributed by atoms with Crippen molar-refractivity contribution in [3.05, 3.63) is 70.5 Å². The highest BCUT2D eigenvalue weighted by atomic mass is 35.5. The molecule has 1 heterocycles. The van der Waals surface area contributed by atoms with Gasteiger partial charge in [-0.3, -0.25) is 4.79 Å². The van der Waals surface area contributed by atoms with E-state index in [1.165, 1.54) is 0 Å². The van der Waals surface area contributed by atoms with E-state index < -0.39 is 0 Å². The number of thioether (sulfide) groups is 1. The number of nitrogens with zero attached hydrogens (tertiary/aromatic N) is 3. The van der Waals surface area contributed by atoms with E-state index in [2.05, 4.69) is 15.5 Å². The smallest absolute Gasteiger partial charge is 0.232 e. The maximum Gasteiger partial charge on any atom is 0.232 e. The molecule has 0 fully saturated rings. The Morgan fingerprint density at radius 2 is 1.81 bits per heavy atom. The molecule has 5 nitrogen and oxygen atoms in total. The molecule has 1 aromatic heterocycles. The van der Waals surface area contributed by atoms with E-state index in [1.54, 1.807) is 11.8 Å². The Morgan fingerprint density at radius 1 is 1.12 bits per heavy atom. The number of carbonyl (C=O) groups excluding carboxylic acids is 1. The van der Waals surface area contributed by atoms with Gasteiger partial charge in [0.25, 0.3) is 0 Å². The number of nitrogens with one attached hydrogen (secondary N) is 1. The number of carbonyl (C=O) groups is 1. The molecule has 0 spiro atoms. The Bertz CT molecular complexity index is 891. The number of aromatic nitrogens is 3. The first-order chi connectivity index (χ1) is 12.5. The number of rotatable bonds is 6. The van der Waals surface area contributed by atoms with E-state index in [-0.39, 0.29) is 12.3 Å². The second-order valence-electron chi connectivity index (χ2n) is 5.96. The summed E-state index contributed by atoms with van der Waals surface area (Å²) in [5, 5.41) is 12.7. The fraction of sp³-hybridized carbons (Fsp3) is 0.211. The maximum absolute atomic E-state index is 12.2. The second-order valence-corrected chi connectivity index (χ2v) is 7.34. The maximum atomic E-state index is 12.2. The van der Waals surface area contributed by atoms with Crippen LogP contribution in [0.5, 0.6) is 0 Å². The van der Waals surface area contributed by atoms with Crippen molar-refractivity contribution < 1.29 is 4.79 Å². The van der Waals surface area contributed by atoms with Gasteiger partial charge in [-0.2, -0.15) is 0 Å². The van der Waals surface area contributed by atoms with Gasteiger partial charge in [0.15, 0.2) is 5.16 Å². The van der Waals surface area contributed by atoms with Crippen LogP contribution in [-0.4, -0.2) is 20.7 Å². The Labute approximate surface area is 161 Å². The molecule has 0 unspecified atom stereocenters. The summed E-state index contributed by atoms with van der Waals surface area (Å²) in [6.45, 7) is 2.01. The van der Waals surface area contributed by atoms with Crippen LogP contribution in [0.2, 0.25) is 5.02 Å². The third kappa shape index (κ3) is 4.86. The molecule has 134 valence electrons. The average molecular weight is 387 g/mol. The lowest BCUT2D eigenvalue weighted by Gasteiger charge is -2.06. The van der Waals surface area contributed by atoms with Crippen LogP contribution in [-0.2, 0) is 24.0 Å². The van der Waals surface area contributed by atoms with Gasteiger partial charge in [-0.15, -0.1) is 10.2 Å². The number of benzene rings is 2. The zero-order valence-corrected chi connectivity index (χ0v) is 16.1. The number of halogens is 1. The summed E-state index contributed by atoms with van der Waals surface area (Å²) in [4.78, 5) is 12.2. The quantitative estimate of drug-likeness (QED) is 0.643.